The highest BCUT2D eigenvalue weighted by atomic mass is 16.3. The Morgan fingerprint density at radius 2 is 1.88 bits per heavy atom. The first-order valence-corrected chi connectivity index (χ1v) is 5.99. The SMILES string of the molecule is Cc1cc(CCCC/C=C/C#N)cc(C)c1O. The molecular weight excluding hydrogens is 210 g/mol. The van der Waals surface area contributed by atoms with Crippen LogP contribution in [0.2, 0.25) is 0 Å². The zero-order chi connectivity index (χ0) is 12.7. The van der Waals surface area contributed by atoms with Gasteiger partial charge in [0.1, 0.15) is 5.75 Å². The van der Waals surface area contributed by atoms with Crippen LogP contribution in [-0.2, 0) is 6.42 Å². The number of hydrogen-bond donors (Lipinski definition) is 1. The van der Waals surface area contributed by atoms with E-state index in [0.717, 1.165) is 36.8 Å². The zero-order valence-corrected chi connectivity index (χ0v) is 10.5. The standard InChI is InChI=1S/C15H19NO/c1-12-10-14(11-13(2)15(12)17)8-6-4-3-5-7-9-16/h5,7,10-11,17H,3-4,6,8H2,1-2H3/b7-5+. The summed E-state index contributed by atoms with van der Waals surface area (Å²) in [5.74, 6) is 0.408. The Morgan fingerprint density at radius 3 is 2.47 bits per heavy atom. The molecule has 0 amide bonds. The lowest BCUT2D eigenvalue weighted by Gasteiger charge is -2.07. The molecule has 0 aromatic heterocycles. The summed E-state index contributed by atoms with van der Waals surface area (Å²) in [6, 6.07) is 6.09. The molecule has 0 saturated carbocycles. The fraction of sp³-hybridized carbons (Fsp3) is 0.400. The number of phenols is 1. The molecule has 90 valence electrons. The van der Waals surface area contributed by atoms with Crippen molar-refractivity contribution in [1.29, 1.82) is 5.26 Å². The van der Waals surface area contributed by atoms with Gasteiger partial charge in [-0.15, -0.1) is 0 Å². The summed E-state index contributed by atoms with van der Waals surface area (Å²) in [6.45, 7) is 3.86. The summed E-state index contributed by atoms with van der Waals surface area (Å²) in [7, 11) is 0. The van der Waals surface area contributed by atoms with Crippen LogP contribution in [0.25, 0.3) is 0 Å². The van der Waals surface area contributed by atoms with Crippen LogP contribution in [0.3, 0.4) is 0 Å². The molecule has 1 aromatic carbocycles. The molecule has 2 nitrogen and oxygen atoms in total. The maximum absolute atomic E-state index is 9.66. The molecule has 17 heavy (non-hydrogen) atoms. The Bertz CT molecular complexity index is 418. The minimum Gasteiger partial charge on any atom is -0.507 e. The van der Waals surface area contributed by atoms with Crippen molar-refractivity contribution in [2.24, 2.45) is 0 Å². The number of benzene rings is 1. The highest BCUT2D eigenvalue weighted by Gasteiger charge is 2.02. The maximum atomic E-state index is 9.66. The van der Waals surface area contributed by atoms with Gasteiger partial charge in [-0.2, -0.15) is 5.26 Å². The van der Waals surface area contributed by atoms with E-state index in [0.29, 0.717) is 5.75 Å². The fourth-order valence-corrected chi connectivity index (χ4v) is 1.92. The summed E-state index contributed by atoms with van der Waals surface area (Å²) in [6.07, 6.45) is 7.64. The van der Waals surface area contributed by atoms with Gasteiger partial charge in [0, 0.05) is 6.08 Å². The molecule has 0 aliphatic rings. The highest BCUT2D eigenvalue weighted by Crippen LogP contribution is 2.23. The van der Waals surface area contributed by atoms with E-state index in [1.807, 2.05) is 38.1 Å². The van der Waals surface area contributed by atoms with Crippen LogP contribution in [0.4, 0.5) is 0 Å². The monoisotopic (exact) mass is 229 g/mol. The van der Waals surface area contributed by atoms with Crippen molar-refractivity contribution in [3.05, 3.63) is 41.0 Å². The predicted octanol–water partition coefficient (Wildman–Crippen LogP) is 3.80. The molecular formula is C15H19NO. The quantitative estimate of drug-likeness (QED) is 0.616. The van der Waals surface area contributed by atoms with Crippen LogP contribution in [0.15, 0.2) is 24.3 Å². The lowest BCUT2D eigenvalue weighted by atomic mass is 10.0. The maximum Gasteiger partial charge on any atom is 0.121 e. The molecule has 0 spiro atoms. The minimum atomic E-state index is 0.408. The molecule has 0 bridgehead atoms. The number of aromatic hydroxyl groups is 1. The van der Waals surface area contributed by atoms with Gasteiger partial charge in [0.25, 0.3) is 0 Å². The van der Waals surface area contributed by atoms with Gasteiger partial charge in [0.2, 0.25) is 0 Å². The van der Waals surface area contributed by atoms with Crippen LogP contribution in [-0.4, -0.2) is 5.11 Å². The van der Waals surface area contributed by atoms with E-state index in [2.05, 4.69) is 0 Å². The predicted molar refractivity (Wildman–Crippen MR) is 69.9 cm³/mol. The van der Waals surface area contributed by atoms with Crippen molar-refractivity contribution in [3.63, 3.8) is 0 Å². The number of aryl methyl sites for hydroxylation is 3. The van der Waals surface area contributed by atoms with Gasteiger partial charge >= 0.3 is 0 Å². The molecule has 2 heteroatoms. The summed E-state index contributed by atoms with van der Waals surface area (Å²) in [5, 5.41) is 18.0. The van der Waals surface area contributed by atoms with Gasteiger partial charge in [0.15, 0.2) is 0 Å². The van der Waals surface area contributed by atoms with Crippen LogP contribution in [0, 0.1) is 25.2 Å². The molecule has 0 radical (unpaired) electrons. The summed E-state index contributed by atoms with van der Waals surface area (Å²) in [5.41, 5.74) is 3.18. The lowest BCUT2D eigenvalue weighted by Crippen LogP contribution is -1.89. The van der Waals surface area contributed by atoms with Crippen molar-refractivity contribution in [2.75, 3.05) is 0 Å². The highest BCUT2D eigenvalue weighted by molar-refractivity contribution is 5.42. The molecule has 1 rings (SSSR count). The van der Waals surface area contributed by atoms with Gasteiger partial charge in [-0.1, -0.05) is 18.2 Å². The molecule has 0 fully saturated rings. The first kappa shape index (κ1) is 13.3. The second-order valence-corrected chi connectivity index (χ2v) is 4.36. The van der Waals surface area contributed by atoms with Crippen LogP contribution in [0.5, 0.6) is 5.75 Å². The van der Waals surface area contributed by atoms with Gasteiger partial charge in [0.05, 0.1) is 6.07 Å². The smallest absolute Gasteiger partial charge is 0.121 e. The van der Waals surface area contributed by atoms with E-state index < -0.39 is 0 Å². The Kier molecular flexibility index (Phi) is 5.29. The number of unbranched alkanes of at least 4 members (excludes halogenated alkanes) is 2. The molecule has 1 N–H and O–H groups in total. The Hall–Kier alpha value is -1.75. The van der Waals surface area contributed by atoms with Crippen LogP contribution in [0.1, 0.15) is 36.0 Å². The average Bonchev–Trinajstić information content (AvgIpc) is 2.30. The van der Waals surface area contributed by atoms with E-state index in [1.54, 1.807) is 0 Å². The van der Waals surface area contributed by atoms with Crippen molar-refractivity contribution in [1.82, 2.24) is 0 Å². The Labute approximate surface area is 103 Å². The number of rotatable bonds is 5. The molecule has 0 aliphatic carbocycles. The Balaban J connectivity index is 2.43. The normalized spacial score (nSPS) is 10.6. The number of nitrogens with zero attached hydrogens (tertiary/aromatic N) is 1. The topological polar surface area (TPSA) is 44.0 Å². The lowest BCUT2D eigenvalue weighted by molar-refractivity contribution is 0.466. The first-order valence-electron chi connectivity index (χ1n) is 5.99. The molecule has 0 saturated heterocycles. The number of allylic oxidation sites excluding steroid dienone is 2. The minimum absolute atomic E-state index is 0.408. The van der Waals surface area contributed by atoms with Crippen molar-refractivity contribution in [2.45, 2.75) is 39.5 Å². The fourth-order valence-electron chi connectivity index (χ4n) is 1.92. The number of nitriles is 1. The largest absolute Gasteiger partial charge is 0.507 e. The van der Waals surface area contributed by atoms with Crippen molar-refractivity contribution in [3.8, 4) is 11.8 Å². The Morgan fingerprint density at radius 1 is 1.24 bits per heavy atom. The summed E-state index contributed by atoms with van der Waals surface area (Å²) < 4.78 is 0. The van der Waals surface area contributed by atoms with E-state index >= 15 is 0 Å². The molecule has 0 atom stereocenters. The third-order valence-electron chi connectivity index (χ3n) is 2.83. The van der Waals surface area contributed by atoms with E-state index in [-0.39, 0.29) is 0 Å². The second kappa shape index (κ2) is 6.75. The van der Waals surface area contributed by atoms with Crippen LogP contribution < -0.4 is 0 Å². The van der Waals surface area contributed by atoms with Gasteiger partial charge in [-0.25, -0.2) is 0 Å². The number of hydrogen-bond acceptors (Lipinski definition) is 2. The van der Waals surface area contributed by atoms with E-state index in [4.69, 9.17) is 5.26 Å². The third kappa shape index (κ3) is 4.32. The van der Waals surface area contributed by atoms with E-state index in [9.17, 15) is 5.11 Å². The molecule has 0 heterocycles. The summed E-state index contributed by atoms with van der Waals surface area (Å²) >= 11 is 0. The molecule has 0 aliphatic heterocycles. The summed E-state index contributed by atoms with van der Waals surface area (Å²) in [4.78, 5) is 0. The number of phenolic OH excluding ortho intramolecular Hbond substituents is 1. The van der Waals surface area contributed by atoms with Gasteiger partial charge in [-0.3, -0.25) is 0 Å². The van der Waals surface area contributed by atoms with Gasteiger partial charge in [-0.05, 0) is 56.2 Å². The average molecular weight is 229 g/mol. The molecule has 0 unspecified atom stereocenters. The van der Waals surface area contributed by atoms with Crippen molar-refractivity contribution >= 4 is 0 Å². The van der Waals surface area contributed by atoms with Crippen LogP contribution >= 0.6 is 0 Å². The molecule has 1 aromatic rings. The second-order valence-electron chi connectivity index (χ2n) is 4.36. The first-order chi connectivity index (χ1) is 8.15. The third-order valence-corrected chi connectivity index (χ3v) is 2.83. The van der Waals surface area contributed by atoms with Gasteiger partial charge < -0.3 is 5.11 Å². The van der Waals surface area contributed by atoms with E-state index in [1.165, 1.54) is 11.6 Å². The zero-order valence-electron chi connectivity index (χ0n) is 10.5. The van der Waals surface area contributed by atoms with Crippen molar-refractivity contribution < 1.29 is 5.11 Å².